The van der Waals surface area contributed by atoms with Crippen LogP contribution in [0, 0.1) is 11.6 Å². The molecule has 114 valence electrons. The molecule has 21 heavy (non-hydrogen) atoms. The highest BCUT2D eigenvalue weighted by atomic mass is 79.9. The van der Waals surface area contributed by atoms with Crippen molar-refractivity contribution in [3.8, 4) is 0 Å². The average molecular weight is 381 g/mol. The largest absolute Gasteiger partial charge is 0.256 e. The summed E-state index contributed by atoms with van der Waals surface area (Å²) in [5.74, 6) is -1.57. The number of halogens is 3. The maximum Gasteiger partial charge on any atom is 0.244 e. The van der Waals surface area contributed by atoms with Gasteiger partial charge in [0.1, 0.15) is 22.9 Å². The van der Waals surface area contributed by atoms with E-state index in [-0.39, 0.29) is 17.4 Å². The summed E-state index contributed by atoms with van der Waals surface area (Å²) in [7, 11) is -2.42. The summed E-state index contributed by atoms with van der Waals surface area (Å²) < 4.78 is 54.2. The molecular formula is C11H11BrF2N4O2S. The van der Waals surface area contributed by atoms with Gasteiger partial charge in [-0.1, -0.05) is 0 Å². The smallest absolute Gasteiger partial charge is 0.244 e. The fourth-order valence-corrected chi connectivity index (χ4v) is 3.85. The number of benzene rings is 1. The Labute approximate surface area is 128 Å². The average Bonchev–Trinajstić information content (AvgIpc) is 2.72. The third kappa shape index (κ3) is 3.83. The van der Waals surface area contributed by atoms with Crippen LogP contribution in [0.5, 0.6) is 0 Å². The molecule has 0 amide bonds. The first-order chi connectivity index (χ1) is 9.79. The minimum Gasteiger partial charge on any atom is -0.256 e. The van der Waals surface area contributed by atoms with Crippen molar-refractivity contribution in [2.24, 2.45) is 7.05 Å². The maximum atomic E-state index is 13.6. The summed E-state index contributed by atoms with van der Waals surface area (Å²) in [6, 6.07) is 1.40. The molecular weight excluding hydrogens is 370 g/mol. The second-order valence-electron chi connectivity index (χ2n) is 4.18. The lowest BCUT2D eigenvalue weighted by Crippen LogP contribution is -2.27. The van der Waals surface area contributed by atoms with Gasteiger partial charge < -0.3 is 0 Å². The minimum absolute atomic E-state index is 0.00436. The van der Waals surface area contributed by atoms with E-state index in [1.54, 1.807) is 7.05 Å². The van der Waals surface area contributed by atoms with Crippen molar-refractivity contribution in [2.75, 3.05) is 6.54 Å². The van der Waals surface area contributed by atoms with Crippen LogP contribution in [0.3, 0.4) is 0 Å². The van der Waals surface area contributed by atoms with Gasteiger partial charge >= 0.3 is 0 Å². The van der Waals surface area contributed by atoms with E-state index in [1.807, 2.05) is 0 Å². The van der Waals surface area contributed by atoms with Gasteiger partial charge in [-0.05, 0) is 22.0 Å². The Balaban J connectivity index is 2.12. The zero-order chi connectivity index (χ0) is 15.6. The van der Waals surface area contributed by atoms with Crippen molar-refractivity contribution in [3.05, 3.63) is 40.4 Å². The number of hydrogen-bond acceptors (Lipinski definition) is 4. The lowest BCUT2D eigenvalue weighted by molar-refractivity contribution is 0.540. The van der Waals surface area contributed by atoms with E-state index in [1.165, 1.54) is 11.0 Å². The Morgan fingerprint density at radius 3 is 2.67 bits per heavy atom. The van der Waals surface area contributed by atoms with Crippen LogP contribution in [-0.2, 0) is 23.5 Å². The van der Waals surface area contributed by atoms with Crippen LogP contribution in [0.15, 0.2) is 27.8 Å². The van der Waals surface area contributed by atoms with E-state index in [2.05, 4.69) is 30.7 Å². The molecule has 0 aliphatic carbocycles. The van der Waals surface area contributed by atoms with Crippen molar-refractivity contribution in [1.29, 1.82) is 0 Å². The van der Waals surface area contributed by atoms with E-state index < -0.39 is 26.6 Å². The maximum absolute atomic E-state index is 13.6. The Kier molecular flexibility index (Phi) is 4.69. The second kappa shape index (κ2) is 6.16. The summed E-state index contributed by atoms with van der Waals surface area (Å²) in [6.07, 6.45) is 1.74. The highest BCUT2D eigenvalue weighted by molar-refractivity contribution is 9.10. The summed E-state index contributed by atoms with van der Waals surface area (Å²) in [5.41, 5.74) is 0. The molecule has 0 aliphatic heterocycles. The predicted molar refractivity (Wildman–Crippen MR) is 74.0 cm³/mol. The summed E-state index contributed by atoms with van der Waals surface area (Å²) in [5, 5.41) is 3.99. The SMILES string of the molecule is Cn1cnc(CCNS(=O)(=O)c2c(F)cc(F)cc2Br)n1. The van der Waals surface area contributed by atoms with Gasteiger partial charge in [0, 0.05) is 30.6 Å². The molecule has 2 rings (SSSR count). The van der Waals surface area contributed by atoms with Gasteiger partial charge in [-0.2, -0.15) is 5.10 Å². The van der Waals surface area contributed by atoms with Crippen LogP contribution >= 0.6 is 15.9 Å². The zero-order valence-corrected chi connectivity index (χ0v) is 13.2. The molecule has 0 saturated heterocycles. The first kappa shape index (κ1) is 16.0. The molecule has 0 radical (unpaired) electrons. The van der Waals surface area contributed by atoms with Gasteiger partial charge in [-0.15, -0.1) is 0 Å². The Hall–Kier alpha value is -1.39. The molecule has 0 bridgehead atoms. The number of sulfonamides is 1. The highest BCUT2D eigenvalue weighted by Gasteiger charge is 2.23. The molecule has 1 heterocycles. The number of nitrogens with zero attached hydrogens (tertiary/aromatic N) is 3. The van der Waals surface area contributed by atoms with E-state index in [4.69, 9.17) is 0 Å². The number of nitrogens with one attached hydrogen (secondary N) is 1. The van der Waals surface area contributed by atoms with Gasteiger partial charge in [-0.25, -0.2) is 26.9 Å². The molecule has 1 N–H and O–H groups in total. The Morgan fingerprint density at radius 2 is 2.10 bits per heavy atom. The van der Waals surface area contributed by atoms with Crippen molar-refractivity contribution >= 4 is 26.0 Å². The van der Waals surface area contributed by atoms with Crippen LogP contribution in [0.4, 0.5) is 8.78 Å². The lowest BCUT2D eigenvalue weighted by Gasteiger charge is -2.09. The van der Waals surface area contributed by atoms with Gasteiger partial charge in [0.15, 0.2) is 5.82 Å². The van der Waals surface area contributed by atoms with Crippen LogP contribution in [0.25, 0.3) is 0 Å². The fraction of sp³-hybridized carbons (Fsp3) is 0.273. The molecule has 1 aromatic heterocycles. The monoisotopic (exact) mass is 380 g/mol. The molecule has 2 aromatic rings. The predicted octanol–water partition coefficient (Wildman–Crippen LogP) is 1.38. The van der Waals surface area contributed by atoms with Crippen molar-refractivity contribution in [2.45, 2.75) is 11.3 Å². The van der Waals surface area contributed by atoms with E-state index in [0.29, 0.717) is 11.9 Å². The third-order valence-corrected chi connectivity index (χ3v) is 4.94. The number of aryl methyl sites for hydroxylation is 1. The normalized spacial score (nSPS) is 11.8. The number of rotatable bonds is 5. The molecule has 0 fully saturated rings. The molecule has 0 saturated carbocycles. The summed E-state index contributed by atoms with van der Waals surface area (Å²) in [4.78, 5) is 3.31. The van der Waals surface area contributed by atoms with Crippen molar-refractivity contribution in [1.82, 2.24) is 19.5 Å². The third-order valence-electron chi connectivity index (χ3n) is 2.52. The highest BCUT2D eigenvalue weighted by Crippen LogP contribution is 2.25. The molecule has 0 unspecified atom stereocenters. The van der Waals surface area contributed by atoms with Crippen molar-refractivity contribution in [3.63, 3.8) is 0 Å². The second-order valence-corrected chi connectivity index (χ2v) is 6.74. The van der Waals surface area contributed by atoms with Gasteiger partial charge in [0.05, 0.1) is 0 Å². The van der Waals surface area contributed by atoms with Crippen molar-refractivity contribution < 1.29 is 17.2 Å². The Bertz CT molecular complexity index is 740. The Morgan fingerprint density at radius 1 is 1.38 bits per heavy atom. The molecule has 0 aliphatic rings. The molecule has 6 nitrogen and oxygen atoms in total. The topological polar surface area (TPSA) is 76.9 Å². The molecule has 0 atom stereocenters. The quantitative estimate of drug-likeness (QED) is 0.849. The molecule has 1 aromatic carbocycles. The molecule has 0 spiro atoms. The number of hydrogen-bond donors (Lipinski definition) is 1. The first-order valence-corrected chi connectivity index (χ1v) is 8.06. The lowest BCUT2D eigenvalue weighted by atomic mass is 10.3. The van der Waals surface area contributed by atoms with Crippen LogP contribution in [-0.4, -0.2) is 29.7 Å². The first-order valence-electron chi connectivity index (χ1n) is 5.78. The van der Waals surface area contributed by atoms with E-state index >= 15 is 0 Å². The van der Waals surface area contributed by atoms with Crippen LogP contribution < -0.4 is 4.72 Å². The van der Waals surface area contributed by atoms with Gasteiger partial charge in [0.2, 0.25) is 10.0 Å². The standard InChI is InChI=1S/C11H11BrF2N4O2S/c1-18-6-15-10(17-18)2-3-16-21(19,20)11-8(12)4-7(13)5-9(11)14/h4-6,16H,2-3H2,1H3. The molecule has 10 heteroatoms. The zero-order valence-electron chi connectivity index (χ0n) is 10.8. The van der Waals surface area contributed by atoms with Gasteiger partial charge in [0.25, 0.3) is 0 Å². The van der Waals surface area contributed by atoms with E-state index in [9.17, 15) is 17.2 Å². The summed E-state index contributed by atoms with van der Waals surface area (Å²) >= 11 is 2.85. The van der Waals surface area contributed by atoms with Crippen LogP contribution in [0.2, 0.25) is 0 Å². The van der Waals surface area contributed by atoms with Gasteiger partial charge in [-0.3, -0.25) is 4.68 Å². The number of aromatic nitrogens is 3. The fourth-order valence-electron chi connectivity index (χ4n) is 1.65. The van der Waals surface area contributed by atoms with Crippen LogP contribution in [0.1, 0.15) is 5.82 Å². The minimum atomic E-state index is -4.10. The van der Waals surface area contributed by atoms with E-state index in [0.717, 1.165) is 6.07 Å². The summed E-state index contributed by atoms with van der Waals surface area (Å²) in [6.45, 7) is -0.00436.